The second kappa shape index (κ2) is 8.78. The van der Waals surface area contributed by atoms with Crippen LogP contribution in [0, 0.1) is 0 Å². The minimum atomic E-state index is 0.682. The van der Waals surface area contributed by atoms with Crippen molar-refractivity contribution in [3.8, 4) is 5.75 Å². The molecule has 0 saturated heterocycles. The van der Waals surface area contributed by atoms with Gasteiger partial charge in [0.25, 0.3) is 0 Å². The van der Waals surface area contributed by atoms with Crippen LogP contribution in [0.15, 0.2) is 41.0 Å². The number of rotatable bonds is 8. The molecule has 4 heteroatoms. The maximum absolute atomic E-state index is 5.80. The van der Waals surface area contributed by atoms with Crippen molar-refractivity contribution >= 4 is 16.9 Å². The van der Waals surface area contributed by atoms with Crippen LogP contribution in [-0.2, 0) is 6.42 Å². The Balaban J connectivity index is 1.58. The summed E-state index contributed by atoms with van der Waals surface area (Å²) in [7, 11) is 0. The van der Waals surface area contributed by atoms with Crippen molar-refractivity contribution in [1.29, 1.82) is 0 Å². The van der Waals surface area contributed by atoms with E-state index in [1.165, 1.54) is 24.0 Å². The second-order valence-corrected chi connectivity index (χ2v) is 6.20. The number of nitrogens with zero attached hydrogens (tertiary/aromatic N) is 1. The Bertz CT molecular complexity index is 511. The third kappa shape index (κ3) is 5.84. The number of aliphatic imine (C=N–C) groups is 1. The zero-order valence-electron chi connectivity index (χ0n) is 12.7. The highest BCUT2D eigenvalue weighted by atomic mass is 32.2. The number of ether oxygens (including phenoxy) is 1. The van der Waals surface area contributed by atoms with Gasteiger partial charge in [0.05, 0.1) is 6.61 Å². The highest BCUT2D eigenvalue weighted by Crippen LogP contribution is 2.19. The van der Waals surface area contributed by atoms with Gasteiger partial charge in [0.2, 0.25) is 0 Å². The molecule has 0 aromatic heterocycles. The molecule has 114 valence electrons. The number of amidine groups is 1. The van der Waals surface area contributed by atoms with Crippen LogP contribution in [0.2, 0.25) is 0 Å². The van der Waals surface area contributed by atoms with E-state index < -0.39 is 0 Å². The Morgan fingerprint density at radius 1 is 1.29 bits per heavy atom. The minimum Gasteiger partial charge on any atom is -0.494 e. The molecule has 2 N–H and O–H groups in total. The van der Waals surface area contributed by atoms with E-state index in [9.17, 15) is 0 Å². The summed E-state index contributed by atoms with van der Waals surface area (Å²) in [6, 6.07) is 8.36. The number of thioether (sulfide) groups is 1. The molecule has 0 radical (unpaired) electrons. The Morgan fingerprint density at radius 3 is 2.95 bits per heavy atom. The van der Waals surface area contributed by atoms with Gasteiger partial charge in [-0.05, 0) is 55.4 Å². The molecule has 1 aliphatic heterocycles. The molecule has 0 saturated carbocycles. The Kier molecular flexibility index (Phi) is 6.67. The summed E-state index contributed by atoms with van der Waals surface area (Å²) in [4.78, 5) is 4.15. The first-order valence-electron chi connectivity index (χ1n) is 7.63. The number of hydrogen-bond acceptors (Lipinski definition) is 4. The van der Waals surface area contributed by atoms with Gasteiger partial charge in [-0.3, -0.25) is 0 Å². The average molecular weight is 304 g/mol. The van der Waals surface area contributed by atoms with E-state index in [1.807, 2.05) is 12.3 Å². The molecule has 1 aliphatic rings. The van der Waals surface area contributed by atoms with Gasteiger partial charge in [-0.2, -0.15) is 0 Å². The van der Waals surface area contributed by atoms with Crippen molar-refractivity contribution in [1.82, 2.24) is 0 Å². The van der Waals surface area contributed by atoms with Crippen molar-refractivity contribution < 1.29 is 4.74 Å². The molecule has 0 bridgehead atoms. The average Bonchev–Trinajstić information content (AvgIpc) is 2.52. The van der Waals surface area contributed by atoms with E-state index >= 15 is 0 Å². The van der Waals surface area contributed by atoms with Crippen LogP contribution < -0.4 is 10.5 Å². The number of aryl methyl sites for hydroxylation is 1. The van der Waals surface area contributed by atoms with Crippen molar-refractivity contribution in [3.05, 3.63) is 41.6 Å². The van der Waals surface area contributed by atoms with Crippen LogP contribution in [0.5, 0.6) is 5.75 Å². The predicted octanol–water partition coefficient (Wildman–Crippen LogP) is 4.13. The maximum Gasteiger partial charge on any atom is 0.158 e. The summed E-state index contributed by atoms with van der Waals surface area (Å²) in [6.07, 6.45) is 7.59. The van der Waals surface area contributed by atoms with E-state index in [4.69, 9.17) is 10.5 Å². The van der Waals surface area contributed by atoms with Crippen molar-refractivity contribution in [2.75, 3.05) is 12.4 Å². The van der Waals surface area contributed by atoms with Crippen LogP contribution in [0.25, 0.3) is 0 Å². The Morgan fingerprint density at radius 2 is 2.19 bits per heavy atom. The normalized spacial score (nSPS) is 14.5. The molecular formula is C17H24N2OS. The highest BCUT2D eigenvalue weighted by molar-refractivity contribution is 8.14. The van der Waals surface area contributed by atoms with Gasteiger partial charge in [0.1, 0.15) is 5.75 Å². The van der Waals surface area contributed by atoms with Gasteiger partial charge in [-0.1, -0.05) is 30.8 Å². The molecule has 0 amide bonds. The lowest BCUT2D eigenvalue weighted by molar-refractivity contribution is 0.305. The number of benzene rings is 1. The van der Waals surface area contributed by atoms with Crippen LogP contribution in [0.4, 0.5) is 0 Å². The topological polar surface area (TPSA) is 47.6 Å². The van der Waals surface area contributed by atoms with Gasteiger partial charge in [-0.25, -0.2) is 4.99 Å². The summed E-state index contributed by atoms with van der Waals surface area (Å²) in [5, 5.41) is 0.682. The van der Waals surface area contributed by atoms with Gasteiger partial charge >= 0.3 is 0 Å². The van der Waals surface area contributed by atoms with Gasteiger partial charge in [0.15, 0.2) is 5.17 Å². The lowest BCUT2D eigenvalue weighted by Crippen LogP contribution is -2.10. The number of unbranched alkanes of at least 4 members (excludes halogenated alkanes) is 2. The molecule has 0 spiro atoms. The quantitative estimate of drug-likeness (QED) is 0.734. The second-order valence-electron chi connectivity index (χ2n) is 5.20. The molecule has 0 unspecified atom stereocenters. The molecule has 0 atom stereocenters. The predicted molar refractivity (Wildman–Crippen MR) is 91.9 cm³/mol. The smallest absolute Gasteiger partial charge is 0.158 e. The van der Waals surface area contributed by atoms with Crippen LogP contribution >= 0.6 is 11.8 Å². The first kappa shape index (κ1) is 16.0. The number of nitrogens with two attached hydrogens (primary N) is 1. The SMILES string of the molecule is CCc1cccc(OCCCCCC2=CN=C(N)SC2)c1. The van der Waals surface area contributed by atoms with Gasteiger partial charge in [-0.15, -0.1) is 0 Å². The van der Waals surface area contributed by atoms with E-state index in [-0.39, 0.29) is 0 Å². The molecule has 3 nitrogen and oxygen atoms in total. The van der Waals surface area contributed by atoms with Crippen molar-refractivity contribution in [2.45, 2.75) is 39.0 Å². The molecular weight excluding hydrogens is 280 g/mol. The summed E-state index contributed by atoms with van der Waals surface area (Å²) in [6.45, 7) is 2.96. The lowest BCUT2D eigenvalue weighted by atomic mass is 10.1. The van der Waals surface area contributed by atoms with Crippen LogP contribution in [-0.4, -0.2) is 17.5 Å². The van der Waals surface area contributed by atoms with Gasteiger partial charge < -0.3 is 10.5 Å². The van der Waals surface area contributed by atoms with Crippen molar-refractivity contribution in [2.24, 2.45) is 10.7 Å². The van der Waals surface area contributed by atoms with Crippen molar-refractivity contribution in [3.63, 3.8) is 0 Å². The molecule has 2 rings (SSSR count). The molecule has 0 aliphatic carbocycles. The van der Waals surface area contributed by atoms with E-state index in [0.29, 0.717) is 5.17 Å². The van der Waals surface area contributed by atoms with Crippen LogP contribution in [0.3, 0.4) is 0 Å². The van der Waals surface area contributed by atoms with E-state index in [1.54, 1.807) is 11.8 Å². The third-order valence-electron chi connectivity index (χ3n) is 3.50. The molecule has 0 fully saturated rings. The Labute approximate surface area is 131 Å². The molecule has 1 aromatic carbocycles. The van der Waals surface area contributed by atoms with E-state index in [2.05, 4.69) is 30.1 Å². The largest absolute Gasteiger partial charge is 0.494 e. The standard InChI is InChI=1S/C17H24N2OS/c1-2-14-8-6-9-16(11-14)20-10-5-3-4-7-15-12-19-17(18)21-13-15/h6,8-9,11-12H,2-5,7,10,13H2,1H3,(H2,18,19). The molecule has 21 heavy (non-hydrogen) atoms. The maximum atomic E-state index is 5.80. The molecule has 1 aromatic rings. The Hall–Kier alpha value is -1.42. The fraction of sp³-hybridized carbons (Fsp3) is 0.471. The van der Waals surface area contributed by atoms with Gasteiger partial charge in [0, 0.05) is 12.0 Å². The minimum absolute atomic E-state index is 0.682. The monoisotopic (exact) mass is 304 g/mol. The fourth-order valence-corrected chi connectivity index (χ4v) is 2.89. The molecule has 1 heterocycles. The first-order valence-corrected chi connectivity index (χ1v) is 8.62. The third-order valence-corrected chi connectivity index (χ3v) is 4.41. The first-order chi connectivity index (χ1) is 10.3. The van der Waals surface area contributed by atoms with E-state index in [0.717, 1.165) is 37.4 Å². The summed E-state index contributed by atoms with van der Waals surface area (Å²) in [5.41, 5.74) is 8.34. The summed E-state index contributed by atoms with van der Waals surface area (Å²) >= 11 is 1.63. The highest BCUT2D eigenvalue weighted by Gasteiger charge is 2.05. The zero-order valence-corrected chi connectivity index (χ0v) is 13.5. The lowest BCUT2D eigenvalue weighted by Gasteiger charge is -2.10. The zero-order chi connectivity index (χ0) is 14.9. The number of hydrogen-bond donors (Lipinski definition) is 1. The summed E-state index contributed by atoms with van der Waals surface area (Å²) < 4.78 is 5.80. The fourth-order valence-electron chi connectivity index (χ4n) is 2.21. The summed E-state index contributed by atoms with van der Waals surface area (Å²) in [5.74, 6) is 1.99. The van der Waals surface area contributed by atoms with Crippen LogP contribution in [0.1, 0.15) is 38.2 Å².